The minimum Gasteiger partial charge on any atom is -0.298 e. The molecule has 90 valence electrons. The van der Waals surface area contributed by atoms with Crippen LogP contribution in [0.2, 0.25) is 0 Å². The lowest BCUT2D eigenvalue weighted by Gasteiger charge is -2.17. The summed E-state index contributed by atoms with van der Waals surface area (Å²) in [5.41, 5.74) is 1.72. The van der Waals surface area contributed by atoms with E-state index in [1.54, 1.807) is 6.07 Å². The predicted molar refractivity (Wildman–Crippen MR) is 67.3 cm³/mol. The highest BCUT2D eigenvalue weighted by Crippen LogP contribution is 2.07. The summed E-state index contributed by atoms with van der Waals surface area (Å²) in [6.07, 6.45) is 0. The maximum Gasteiger partial charge on any atom is 0.149 e. The number of carbonyl (C=O) groups is 1. The van der Waals surface area contributed by atoms with Crippen LogP contribution in [0, 0.1) is 17.2 Å². The molecule has 0 atom stereocenters. The van der Waals surface area contributed by atoms with Crippen LogP contribution in [0.4, 0.5) is 0 Å². The van der Waals surface area contributed by atoms with Gasteiger partial charge in [0.25, 0.3) is 0 Å². The molecule has 3 heteroatoms. The van der Waals surface area contributed by atoms with Gasteiger partial charge in [-0.15, -0.1) is 0 Å². The van der Waals surface area contributed by atoms with Gasteiger partial charge in [-0.05, 0) is 24.7 Å². The van der Waals surface area contributed by atoms with Crippen LogP contribution >= 0.6 is 0 Å². The van der Waals surface area contributed by atoms with E-state index in [0.717, 1.165) is 5.56 Å². The summed E-state index contributed by atoms with van der Waals surface area (Å²) in [5.74, 6) is 0.312. The standard InChI is InChI=1S/C14H18N2O/c1-11(2)14(17)10-16(3)9-13-6-4-5-12(7-13)8-15/h4-7,11H,9-10H2,1-3H3. The van der Waals surface area contributed by atoms with Crippen LogP contribution in [-0.2, 0) is 11.3 Å². The molecule has 1 rings (SSSR count). The fourth-order valence-corrected chi connectivity index (χ4v) is 1.56. The fraction of sp³-hybridized carbons (Fsp3) is 0.429. The molecule has 0 unspecified atom stereocenters. The van der Waals surface area contributed by atoms with Crippen LogP contribution in [-0.4, -0.2) is 24.3 Å². The maximum absolute atomic E-state index is 11.6. The first kappa shape index (κ1) is 13.4. The second kappa shape index (κ2) is 6.17. The second-order valence-electron chi connectivity index (χ2n) is 4.61. The number of likely N-dealkylation sites (N-methyl/N-ethyl adjacent to an activating group) is 1. The van der Waals surface area contributed by atoms with Gasteiger partial charge in [0.15, 0.2) is 0 Å². The minimum absolute atomic E-state index is 0.0721. The predicted octanol–water partition coefficient (Wildman–Crippen LogP) is 2.22. The number of carbonyl (C=O) groups excluding carboxylic acids is 1. The van der Waals surface area contributed by atoms with E-state index >= 15 is 0 Å². The van der Waals surface area contributed by atoms with Gasteiger partial charge < -0.3 is 0 Å². The van der Waals surface area contributed by atoms with Crippen molar-refractivity contribution in [3.8, 4) is 6.07 Å². The van der Waals surface area contributed by atoms with Crippen molar-refractivity contribution in [3.05, 3.63) is 35.4 Å². The number of Topliss-reactive ketones (excluding diaryl/α,β-unsaturated/α-hetero) is 1. The van der Waals surface area contributed by atoms with E-state index in [1.165, 1.54) is 0 Å². The molecule has 0 bridgehead atoms. The first-order valence-corrected chi connectivity index (χ1v) is 5.73. The number of ketones is 1. The van der Waals surface area contributed by atoms with Crippen molar-refractivity contribution >= 4 is 5.78 Å². The largest absolute Gasteiger partial charge is 0.298 e. The zero-order chi connectivity index (χ0) is 12.8. The molecule has 0 aromatic heterocycles. The Morgan fingerprint density at radius 2 is 2.18 bits per heavy atom. The van der Waals surface area contributed by atoms with E-state index in [0.29, 0.717) is 18.7 Å². The lowest BCUT2D eigenvalue weighted by molar-refractivity contribution is -0.122. The number of benzene rings is 1. The summed E-state index contributed by atoms with van der Waals surface area (Å²) in [6.45, 7) is 4.96. The molecule has 0 spiro atoms. The quantitative estimate of drug-likeness (QED) is 0.779. The van der Waals surface area contributed by atoms with Crippen LogP contribution in [0.25, 0.3) is 0 Å². The van der Waals surface area contributed by atoms with Gasteiger partial charge in [-0.2, -0.15) is 5.26 Å². The molecular formula is C14H18N2O. The van der Waals surface area contributed by atoms with Crippen LogP contribution < -0.4 is 0 Å². The molecule has 1 aromatic carbocycles. The third-order valence-electron chi connectivity index (χ3n) is 2.58. The van der Waals surface area contributed by atoms with Crippen molar-refractivity contribution in [2.75, 3.05) is 13.6 Å². The molecule has 0 amide bonds. The van der Waals surface area contributed by atoms with Gasteiger partial charge in [-0.1, -0.05) is 26.0 Å². The summed E-state index contributed by atoms with van der Waals surface area (Å²) < 4.78 is 0. The highest BCUT2D eigenvalue weighted by Gasteiger charge is 2.10. The van der Waals surface area contributed by atoms with Crippen molar-refractivity contribution in [2.45, 2.75) is 20.4 Å². The Balaban J connectivity index is 2.59. The van der Waals surface area contributed by atoms with E-state index in [2.05, 4.69) is 6.07 Å². The molecule has 0 aliphatic carbocycles. The third kappa shape index (κ3) is 4.38. The smallest absolute Gasteiger partial charge is 0.149 e. The van der Waals surface area contributed by atoms with E-state index in [1.807, 2.05) is 44.0 Å². The molecule has 1 aromatic rings. The lowest BCUT2D eigenvalue weighted by atomic mass is 10.1. The Morgan fingerprint density at radius 3 is 2.76 bits per heavy atom. The highest BCUT2D eigenvalue weighted by atomic mass is 16.1. The first-order chi connectivity index (χ1) is 8.02. The van der Waals surface area contributed by atoms with E-state index in [4.69, 9.17) is 5.26 Å². The van der Waals surface area contributed by atoms with Crippen molar-refractivity contribution in [1.29, 1.82) is 5.26 Å². The minimum atomic E-state index is 0.0721. The second-order valence-corrected chi connectivity index (χ2v) is 4.61. The molecule has 0 fully saturated rings. The number of nitrogens with zero attached hydrogens (tertiary/aromatic N) is 2. The van der Waals surface area contributed by atoms with Crippen molar-refractivity contribution in [3.63, 3.8) is 0 Å². The molecular weight excluding hydrogens is 212 g/mol. The zero-order valence-corrected chi connectivity index (χ0v) is 10.6. The Kier molecular flexibility index (Phi) is 4.86. The van der Waals surface area contributed by atoms with Crippen molar-refractivity contribution in [1.82, 2.24) is 4.90 Å². The molecule has 0 saturated carbocycles. The maximum atomic E-state index is 11.6. The third-order valence-corrected chi connectivity index (χ3v) is 2.58. The zero-order valence-electron chi connectivity index (χ0n) is 10.6. The highest BCUT2D eigenvalue weighted by molar-refractivity contribution is 5.82. The molecule has 0 aliphatic rings. The summed E-state index contributed by atoms with van der Waals surface area (Å²) in [4.78, 5) is 13.5. The SMILES string of the molecule is CC(C)C(=O)CN(C)Cc1cccc(C#N)c1. The topological polar surface area (TPSA) is 44.1 Å². The molecule has 3 nitrogen and oxygen atoms in total. The van der Waals surface area contributed by atoms with Crippen LogP contribution in [0.5, 0.6) is 0 Å². The average Bonchev–Trinajstić information content (AvgIpc) is 2.28. The normalized spacial score (nSPS) is 10.6. The van der Waals surface area contributed by atoms with E-state index in [-0.39, 0.29) is 11.7 Å². The summed E-state index contributed by atoms with van der Waals surface area (Å²) in [6, 6.07) is 9.59. The summed E-state index contributed by atoms with van der Waals surface area (Å²) in [5, 5.41) is 8.80. The Hall–Kier alpha value is -1.66. The molecule has 0 aliphatic heterocycles. The van der Waals surface area contributed by atoms with Gasteiger partial charge in [0.05, 0.1) is 18.2 Å². The van der Waals surface area contributed by atoms with E-state index < -0.39 is 0 Å². The Bertz CT molecular complexity index is 432. The molecule has 0 saturated heterocycles. The van der Waals surface area contributed by atoms with Gasteiger partial charge >= 0.3 is 0 Å². The monoisotopic (exact) mass is 230 g/mol. The van der Waals surface area contributed by atoms with Crippen LogP contribution in [0.1, 0.15) is 25.0 Å². The van der Waals surface area contributed by atoms with E-state index in [9.17, 15) is 4.79 Å². The van der Waals surface area contributed by atoms with Gasteiger partial charge in [0, 0.05) is 12.5 Å². The molecule has 0 N–H and O–H groups in total. The van der Waals surface area contributed by atoms with Crippen LogP contribution in [0.3, 0.4) is 0 Å². The first-order valence-electron chi connectivity index (χ1n) is 5.73. The lowest BCUT2D eigenvalue weighted by Crippen LogP contribution is -2.28. The number of rotatable bonds is 5. The van der Waals surface area contributed by atoms with Gasteiger partial charge in [-0.25, -0.2) is 0 Å². The van der Waals surface area contributed by atoms with Gasteiger partial charge in [0.2, 0.25) is 0 Å². The Labute approximate surface area is 103 Å². The number of hydrogen-bond acceptors (Lipinski definition) is 3. The fourth-order valence-electron chi connectivity index (χ4n) is 1.56. The number of hydrogen-bond donors (Lipinski definition) is 0. The molecule has 0 heterocycles. The van der Waals surface area contributed by atoms with Gasteiger partial charge in [-0.3, -0.25) is 9.69 Å². The van der Waals surface area contributed by atoms with Gasteiger partial charge in [0.1, 0.15) is 5.78 Å². The van der Waals surface area contributed by atoms with Crippen molar-refractivity contribution in [2.24, 2.45) is 5.92 Å². The number of nitriles is 1. The molecule has 0 radical (unpaired) electrons. The van der Waals surface area contributed by atoms with Crippen LogP contribution in [0.15, 0.2) is 24.3 Å². The summed E-state index contributed by atoms with van der Waals surface area (Å²) in [7, 11) is 1.92. The summed E-state index contributed by atoms with van der Waals surface area (Å²) >= 11 is 0. The Morgan fingerprint density at radius 1 is 1.47 bits per heavy atom. The van der Waals surface area contributed by atoms with Crippen molar-refractivity contribution < 1.29 is 4.79 Å². The molecule has 17 heavy (non-hydrogen) atoms. The average molecular weight is 230 g/mol.